The number of carbonyl (C=O) groups is 1. The van der Waals surface area contributed by atoms with E-state index < -0.39 is 0 Å². The number of ether oxygens (including phenoxy) is 1. The molecule has 4 rings (SSSR count). The maximum Gasteiger partial charge on any atom is 0.226 e. The van der Waals surface area contributed by atoms with Crippen LogP contribution in [0.5, 0.6) is 0 Å². The van der Waals surface area contributed by atoms with E-state index in [1.54, 1.807) is 0 Å². The fourth-order valence-electron chi connectivity index (χ4n) is 4.37. The second kappa shape index (κ2) is 7.97. The zero-order chi connectivity index (χ0) is 18.1. The molecule has 1 aromatic heterocycles. The summed E-state index contributed by atoms with van der Waals surface area (Å²) < 4.78 is 5.94. The van der Waals surface area contributed by atoms with Crippen molar-refractivity contribution in [1.82, 2.24) is 14.7 Å². The lowest BCUT2D eigenvalue weighted by Gasteiger charge is -2.39. The van der Waals surface area contributed by atoms with Gasteiger partial charge in [-0.3, -0.25) is 14.6 Å². The molecule has 144 valence electrons. The minimum Gasteiger partial charge on any atom is -0.374 e. The number of hydrogen-bond acceptors (Lipinski definition) is 5. The first-order chi connectivity index (χ1) is 12.7. The fraction of sp³-hybridized carbons (Fsp3) is 0.750. The Balaban J connectivity index is 1.23. The highest BCUT2D eigenvalue weighted by Gasteiger charge is 2.47. The van der Waals surface area contributed by atoms with Crippen molar-refractivity contribution in [3.63, 3.8) is 0 Å². The average Bonchev–Trinajstić information content (AvgIpc) is 3.35. The number of aryl methyl sites for hydroxylation is 1. The van der Waals surface area contributed by atoms with Crippen LogP contribution in [0.4, 0.5) is 0 Å². The molecule has 1 aliphatic carbocycles. The minimum absolute atomic E-state index is 0.235. The highest BCUT2D eigenvalue weighted by Crippen LogP contribution is 2.51. The molecule has 0 radical (unpaired) electrons. The van der Waals surface area contributed by atoms with Gasteiger partial charge in [0.1, 0.15) is 0 Å². The lowest BCUT2D eigenvalue weighted by Crippen LogP contribution is -2.53. The first-order valence-corrected chi connectivity index (χ1v) is 10.9. The molecule has 0 bridgehead atoms. The number of nitrogens with zero attached hydrogens (tertiary/aromatic N) is 3. The molecule has 5 nitrogen and oxygen atoms in total. The molecule has 1 aromatic rings. The van der Waals surface area contributed by atoms with Gasteiger partial charge in [-0.2, -0.15) is 0 Å². The molecule has 2 saturated heterocycles. The number of piperazine rings is 1. The number of carbonyl (C=O) groups excluding carboxylic acids is 1. The van der Waals surface area contributed by atoms with E-state index in [1.807, 2.05) is 11.3 Å². The van der Waals surface area contributed by atoms with E-state index in [2.05, 4.69) is 40.0 Å². The molecular formula is C20H31N3O2S. The molecule has 3 unspecified atom stereocenters. The van der Waals surface area contributed by atoms with Crippen LogP contribution in [0.25, 0.3) is 0 Å². The Labute approximate surface area is 160 Å². The Morgan fingerprint density at radius 3 is 2.73 bits per heavy atom. The van der Waals surface area contributed by atoms with E-state index in [-0.39, 0.29) is 5.92 Å². The second-order valence-electron chi connectivity index (χ2n) is 7.93. The van der Waals surface area contributed by atoms with Crippen molar-refractivity contribution in [2.75, 3.05) is 59.0 Å². The summed E-state index contributed by atoms with van der Waals surface area (Å²) in [5, 5.41) is 2.15. The smallest absolute Gasteiger partial charge is 0.226 e. The van der Waals surface area contributed by atoms with Crippen molar-refractivity contribution in [3.8, 4) is 0 Å². The predicted molar refractivity (Wildman–Crippen MR) is 105 cm³/mol. The van der Waals surface area contributed by atoms with Crippen LogP contribution >= 0.6 is 11.3 Å². The number of amides is 1. The number of rotatable bonds is 5. The summed E-state index contributed by atoms with van der Waals surface area (Å²) in [4.78, 5) is 21.3. The van der Waals surface area contributed by atoms with E-state index in [9.17, 15) is 4.79 Å². The van der Waals surface area contributed by atoms with E-state index in [0.717, 1.165) is 65.4 Å². The summed E-state index contributed by atoms with van der Waals surface area (Å²) in [6.07, 6.45) is 1.36. The largest absolute Gasteiger partial charge is 0.374 e. The highest BCUT2D eigenvalue weighted by molar-refractivity contribution is 7.10. The van der Waals surface area contributed by atoms with Crippen molar-refractivity contribution in [1.29, 1.82) is 0 Å². The summed E-state index contributed by atoms with van der Waals surface area (Å²) in [7, 11) is 0. The maximum atomic E-state index is 12.8. The standard InChI is InChI=1S/C20H31N3O2S/c1-3-21-9-10-25-16(13-21)14-22-5-7-23(8-6-22)20(24)18-12-17(18)19-15(2)4-11-26-19/h4,11,16-18H,3,5-10,12-14H2,1-2H3. The Bertz CT molecular complexity index is 626. The van der Waals surface area contributed by atoms with Crippen molar-refractivity contribution in [3.05, 3.63) is 21.9 Å². The van der Waals surface area contributed by atoms with Crippen LogP contribution in [0, 0.1) is 12.8 Å². The van der Waals surface area contributed by atoms with Gasteiger partial charge >= 0.3 is 0 Å². The molecule has 0 aromatic carbocycles. The van der Waals surface area contributed by atoms with E-state index in [4.69, 9.17) is 4.74 Å². The molecule has 3 heterocycles. The van der Waals surface area contributed by atoms with Crippen LogP contribution in [0.1, 0.15) is 29.7 Å². The van der Waals surface area contributed by atoms with Crippen molar-refractivity contribution < 1.29 is 9.53 Å². The third-order valence-electron chi connectivity index (χ3n) is 6.16. The summed E-state index contributed by atoms with van der Waals surface area (Å²) in [6.45, 7) is 13.1. The van der Waals surface area contributed by atoms with Crippen LogP contribution in [-0.2, 0) is 9.53 Å². The Hall–Kier alpha value is -0.950. The van der Waals surface area contributed by atoms with Crippen LogP contribution in [0.15, 0.2) is 11.4 Å². The Kier molecular flexibility index (Phi) is 5.64. The van der Waals surface area contributed by atoms with Crippen molar-refractivity contribution in [2.45, 2.75) is 32.3 Å². The molecule has 0 spiro atoms. The topological polar surface area (TPSA) is 36.0 Å². The molecule has 3 aliphatic rings. The monoisotopic (exact) mass is 377 g/mol. The third kappa shape index (κ3) is 3.98. The summed E-state index contributed by atoms with van der Waals surface area (Å²) in [6, 6.07) is 2.17. The molecule has 0 N–H and O–H groups in total. The normalized spacial score (nSPS) is 30.5. The predicted octanol–water partition coefficient (Wildman–Crippen LogP) is 2.02. The average molecular weight is 378 g/mol. The van der Waals surface area contributed by atoms with Crippen LogP contribution in [0.2, 0.25) is 0 Å². The summed E-state index contributed by atoms with van der Waals surface area (Å²) >= 11 is 1.81. The van der Waals surface area contributed by atoms with Crippen molar-refractivity contribution >= 4 is 17.2 Å². The van der Waals surface area contributed by atoms with Gasteiger partial charge in [-0.15, -0.1) is 11.3 Å². The molecule has 3 atom stereocenters. The van der Waals surface area contributed by atoms with Crippen LogP contribution < -0.4 is 0 Å². The van der Waals surface area contributed by atoms with Crippen LogP contribution in [-0.4, -0.2) is 85.7 Å². The quantitative estimate of drug-likeness (QED) is 0.787. The van der Waals surface area contributed by atoms with Crippen molar-refractivity contribution in [2.24, 2.45) is 5.92 Å². The first-order valence-electron chi connectivity index (χ1n) is 10.0. The number of hydrogen-bond donors (Lipinski definition) is 0. The van der Waals surface area contributed by atoms with Gasteiger partial charge in [0.05, 0.1) is 12.7 Å². The van der Waals surface area contributed by atoms with Crippen LogP contribution in [0.3, 0.4) is 0 Å². The Morgan fingerprint density at radius 1 is 1.23 bits per heavy atom. The van der Waals surface area contributed by atoms with Gasteiger partial charge in [-0.05, 0) is 36.9 Å². The van der Waals surface area contributed by atoms with Gasteiger partial charge in [-0.1, -0.05) is 6.92 Å². The van der Waals surface area contributed by atoms with E-state index in [0.29, 0.717) is 17.9 Å². The van der Waals surface area contributed by atoms with Gasteiger partial charge in [0.2, 0.25) is 5.91 Å². The molecular weight excluding hydrogens is 346 g/mol. The first kappa shape index (κ1) is 18.4. The molecule has 1 amide bonds. The van der Waals surface area contributed by atoms with E-state index in [1.165, 1.54) is 10.4 Å². The molecule has 6 heteroatoms. The van der Waals surface area contributed by atoms with Gasteiger partial charge in [0, 0.05) is 62.5 Å². The molecule has 1 saturated carbocycles. The molecule has 3 fully saturated rings. The minimum atomic E-state index is 0.235. The maximum absolute atomic E-state index is 12.8. The second-order valence-corrected chi connectivity index (χ2v) is 8.88. The number of thiophene rings is 1. The number of morpholine rings is 1. The molecule has 2 aliphatic heterocycles. The van der Waals surface area contributed by atoms with E-state index >= 15 is 0 Å². The lowest BCUT2D eigenvalue weighted by atomic mass is 10.1. The summed E-state index contributed by atoms with van der Waals surface area (Å²) in [5.41, 5.74) is 1.36. The zero-order valence-corrected chi connectivity index (χ0v) is 16.8. The Morgan fingerprint density at radius 2 is 2.04 bits per heavy atom. The lowest BCUT2D eigenvalue weighted by molar-refractivity contribution is -0.134. The van der Waals surface area contributed by atoms with Gasteiger partial charge < -0.3 is 9.64 Å². The fourth-order valence-corrected chi connectivity index (χ4v) is 5.48. The SMILES string of the molecule is CCN1CCOC(CN2CCN(C(=O)C3CC3c3sccc3C)CC2)C1. The van der Waals surface area contributed by atoms with Gasteiger partial charge in [0.15, 0.2) is 0 Å². The van der Waals surface area contributed by atoms with Gasteiger partial charge in [-0.25, -0.2) is 0 Å². The zero-order valence-electron chi connectivity index (χ0n) is 16.0. The summed E-state index contributed by atoms with van der Waals surface area (Å²) in [5.74, 6) is 1.10. The molecule has 26 heavy (non-hydrogen) atoms. The van der Waals surface area contributed by atoms with Gasteiger partial charge in [0.25, 0.3) is 0 Å². The number of likely N-dealkylation sites (N-methyl/N-ethyl adjacent to an activating group) is 1. The highest BCUT2D eigenvalue weighted by atomic mass is 32.1. The third-order valence-corrected chi connectivity index (χ3v) is 7.31.